The molecule has 1 aliphatic heterocycles. The fraction of sp³-hybridized carbons (Fsp3) is 0.176. The van der Waals surface area contributed by atoms with Crippen molar-refractivity contribution in [2.24, 2.45) is 0 Å². The summed E-state index contributed by atoms with van der Waals surface area (Å²) < 4.78 is 10.6. The molecule has 0 aliphatic carbocycles. The number of anilines is 2. The van der Waals surface area contributed by atoms with Crippen molar-refractivity contribution >= 4 is 28.9 Å². The largest absolute Gasteiger partial charge is 0.448 e. The van der Waals surface area contributed by atoms with Crippen LogP contribution in [0.25, 0.3) is 11.1 Å². The van der Waals surface area contributed by atoms with E-state index >= 15 is 0 Å². The summed E-state index contributed by atoms with van der Waals surface area (Å²) in [6.45, 7) is 1.67. The number of benzene rings is 2. The molecule has 0 radical (unpaired) electrons. The Morgan fingerprint density at radius 3 is 2.70 bits per heavy atom. The number of carbonyl (C=O) groups is 1. The van der Waals surface area contributed by atoms with Gasteiger partial charge in [-0.15, -0.1) is 0 Å². The normalized spacial score (nSPS) is 14.3. The highest BCUT2D eigenvalue weighted by molar-refractivity contribution is 5.75. The van der Waals surface area contributed by atoms with Gasteiger partial charge in [-0.25, -0.2) is 4.79 Å². The molecule has 2 heterocycles. The molecule has 0 atom stereocenters. The van der Waals surface area contributed by atoms with E-state index in [-0.39, 0.29) is 6.09 Å². The van der Waals surface area contributed by atoms with Crippen LogP contribution in [-0.2, 0) is 11.3 Å². The smallest absolute Gasteiger partial charge is 0.410 e. The Hall–Kier alpha value is -3.02. The number of aromatic nitrogens is 1. The van der Waals surface area contributed by atoms with E-state index in [1.807, 2.05) is 48.5 Å². The van der Waals surface area contributed by atoms with Crippen molar-refractivity contribution in [3.8, 4) is 0 Å². The van der Waals surface area contributed by atoms with Gasteiger partial charge >= 0.3 is 6.09 Å². The number of oxazole rings is 1. The molecule has 0 bridgehead atoms. The molecule has 2 aromatic carbocycles. The highest BCUT2D eigenvalue weighted by Gasteiger charge is 2.21. The third kappa shape index (κ3) is 2.83. The van der Waals surface area contributed by atoms with Crippen LogP contribution in [0.3, 0.4) is 0 Å². The number of rotatable bonds is 4. The molecule has 4 rings (SSSR count). The summed E-state index contributed by atoms with van der Waals surface area (Å²) in [5, 5.41) is 3.14. The summed E-state index contributed by atoms with van der Waals surface area (Å²) in [6.07, 6.45) is -0.251. The monoisotopic (exact) mass is 309 g/mol. The molecule has 116 valence electrons. The van der Waals surface area contributed by atoms with Crippen molar-refractivity contribution in [3.63, 3.8) is 0 Å². The van der Waals surface area contributed by atoms with Gasteiger partial charge in [0.2, 0.25) is 0 Å². The number of amides is 1. The highest BCUT2D eigenvalue weighted by Crippen LogP contribution is 2.22. The standard InChI is InChI=1S/C17H15N3O3/c21-17-20(9-10-22-17)11-12-5-7-13(8-6-12)18-16-19-14-3-1-2-4-15(14)23-16/h1-8H,9-11H2,(H,18,19). The van der Waals surface area contributed by atoms with Gasteiger partial charge < -0.3 is 19.4 Å². The molecule has 3 aromatic rings. The minimum Gasteiger partial charge on any atom is -0.448 e. The fourth-order valence-electron chi connectivity index (χ4n) is 2.53. The van der Waals surface area contributed by atoms with Gasteiger partial charge in [0.05, 0.1) is 6.54 Å². The van der Waals surface area contributed by atoms with Crippen LogP contribution in [0.1, 0.15) is 5.56 Å². The molecule has 1 aliphatic rings. The second-order valence-corrected chi connectivity index (χ2v) is 5.34. The van der Waals surface area contributed by atoms with Crippen LogP contribution in [0, 0.1) is 0 Å². The molecule has 23 heavy (non-hydrogen) atoms. The fourth-order valence-corrected chi connectivity index (χ4v) is 2.53. The zero-order chi connectivity index (χ0) is 15.6. The summed E-state index contributed by atoms with van der Waals surface area (Å²) in [5.41, 5.74) is 3.50. The van der Waals surface area contributed by atoms with E-state index in [2.05, 4.69) is 10.3 Å². The zero-order valence-corrected chi connectivity index (χ0v) is 12.4. The molecule has 6 heteroatoms. The van der Waals surface area contributed by atoms with Crippen molar-refractivity contribution in [2.75, 3.05) is 18.5 Å². The van der Waals surface area contributed by atoms with Crippen LogP contribution in [-0.4, -0.2) is 29.1 Å². The molecule has 1 fully saturated rings. The molecule has 1 saturated heterocycles. The van der Waals surface area contributed by atoms with Crippen LogP contribution in [0.5, 0.6) is 0 Å². The van der Waals surface area contributed by atoms with Crippen LogP contribution in [0.15, 0.2) is 52.9 Å². The minimum absolute atomic E-state index is 0.251. The van der Waals surface area contributed by atoms with Gasteiger partial charge in [-0.3, -0.25) is 0 Å². The van der Waals surface area contributed by atoms with Crippen molar-refractivity contribution < 1.29 is 13.9 Å². The van der Waals surface area contributed by atoms with E-state index in [0.717, 1.165) is 22.4 Å². The van der Waals surface area contributed by atoms with E-state index in [1.54, 1.807) is 4.90 Å². The molecule has 1 amide bonds. The summed E-state index contributed by atoms with van der Waals surface area (Å²) in [7, 11) is 0. The third-order valence-electron chi connectivity index (χ3n) is 3.72. The first-order chi connectivity index (χ1) is 11.3. The third-order valence-corrected chi connectivity index (χ3v) is 3.72. The zero-order valence-electron chi connectivity index (χ0n) is 12.4. The van der Waals surface area contributed by atoms with Gasteiger partial charge in [-0.2, -0.15) is 4.98 Å². The Kier molecular flexibility index (Phi) is 3.34. The van der Waals surface area contributed by atoms with E-state index in [0.29, 0.717) is 25.7 Å². The average molecular weight is 309 g/mol. The predicted octanol–water partition coefficient (Wildman–Crippen LogP) is 3.52. The quantitative estimate of drug-likeness (QED) is 0.798. The number of nitrogens with zero attached hydrogens (tertiary/aromatic N) is 2. The highest BCUT2D eigenvalue weighted by atomic mass is 16.6. The molecule has 0 unspecified atom stereocenters. The number of carbonyl (C=O) groups excluding carboxylic acids is 1. The number of para-hydroxylation sites is 2. The number of hydrogen-bond acceptors (Lipinski definition) is 5. The number of cyclic esters (lactones) is 1. The van der Waals surface area contributed by atoms with Crippen LogP contribution < -0.4 is 5.32 Å². The lowest BCUT2D eigenvalue weighted by atomic mass is 10.2. The topological polar surface area (TPSA) is 67.6 Å². The number of ether oxygens (including phenoxy) is 1. The first-order valence-corrected chi connectivity index (χ1v) is 7.41. The van der Waals surface area contributed by atoms with E-state index in [1.165, 1.54) is 0 Å². The second-order valence-electron chi connectivity index (χ2n) is 5.34. The Bertz CT molecular complexity index is 809. The Labute approximate surface area is 132 Å². The molecule has 0 spiro atoms. The molecule has 1 N–H and O–H groups in total. The van der Waals surface area contributed by atoms with Crippen molar-refractivity contribution in [1.82, 2.24) is 9.88 Å². The van der Waals surface area contributed by atoms with E-state index in [4.69, 9.17) is 9.15 Å². The number of nitrogens with one attached hydrogen (secondary N) is 1. The second kappa shape index (κ2) is 5.64. The first kappa shape index (κ1) is 13.6. The van der Waals surface area contributed by atoms with Gasteiger partial charge in [0.15, 0.2) is 5.58 Å². The molecule has 0 saturated carbocycles. The average Bonchev–Trinajstić information content (AvgIpc) is 3.15. The van der Waals surface area contributed by atoms with Crippen molar-refractivity contribution in [2.45, 2.75) is 6.54 Å². The van der Waals surface area contributed by atoms with Crippen molar-refractivity contribution in [1.29, 1.82) is 0 Å². The Morgan fingerprint density at radius 1 is 1.13 bits per heavy atom. The molecule has 6 nitrogen and oxygen atoms in total. The SMILES string of the molecule is O=C1OCCN1Cc1ccc(Nc2nc3ccccc3o2)cc1. The van der Waals surface area contributed by atoms with Gasteiger partial charge in [0.25, 0.3) is 6.01 Å². The lowest BCUT2D eigenvalue weighted by Crippen LogP contribution is -2.23. The summed E-state index contributed by atoms with van der Waals surface area (Å²) in [6, 6.07) is 15.9. The van der Waals surface area contributed by atoms with Crippen molar-refractivity contribution in [3.05, 3.63) is 54.1 Å². The summed E-state index contributed by atoms with van der Waals surface area (Å²) in [5.74, 6) is 0. The maximum atomic E-state index is 11.4. The maximum absolute atomic E-state index is 11.4. The van der Waals surface area contributed by atoms with Gasteiger partial charge in [0, 0.05) is 12.2 Å². The lowest BCUT2D eigenvalue weighted by Gasteiger charge is -2.12. The summed E-state index contributed by atoms with van der Waals surface area (Å²) in [4.78, 5) is 17.5. The van der Waals surface area contributed by atoms with Gasteiger partial charge in [0.1, 0.15) is 12.1 Å². The maximum Gasteiger partial charge on any atom is 0.410 e. The van der Waals surface area contributed by atoms with E-state index < -0.39 is 0 Å². The minimum atomic E-state index is -0.251. The van der Waals surface area contributed by atoms with Crippen LogP contribution in [0.2, 0.25) is 0 Å². The predicted molar refractivity (Wildman–Crippen MR) is 85.5 cm³/mol. The lowest BCUT2D eigenvalue weighted by molar-refractivity contribution is 0.157. The van der Waals surface area contributed by atoms with Gasteiger partial charge in [-0.05, 0) is 29.8 Å². The number of hydrogen-bond donors (Lipinski definition) is 1. The number of fused-ring (bicyclic) bond motifs is 1. The Morgan fingerprint density at radius 2 is 1.96 bits per heavy atom. The van der Waals surface area contributed by atoms with Crippen LogP contribution >= 0.6 is 0 Å². The summed E-state index contributed by atoms with van der Waals surface area (Å²) >= 11 is 0. The molecule has 1 aromatic heterocycles. The van der Waals surface area contributed by atoms with E-state index in [9.17, 15) is 4.79 Å². The van der Waals surface area contributed by atoms with Gasteiger partial charge in [-0.1, -0.05) is 24.3 Å². The van der Waals surface area contributed by atoms with Crippen LogP contribution in [0.4, 0.5) is 16.5 Å². The molecular formula is C17H15N3O3. The molecular weight excluding hydrogens is 294 g/mol. The first-order valence-electron chi connectivity index (χ1n) is 7.41. The Balaban J connectivity index is 1.46.